The number of ether oxygens (including phenoxy) is 1. The number of benzene rings is 1. The van der Waals surface area contributed by atoms with E-state index in [0.717, 1.165) is 10.3 Å². The Balaban J connectivity index is 1.94. The molecule has 154 valence electrons. The van der Waals surface area contributed by atoms with Crippen LogP contribution >= 0.6 is 11.8 Å². The fourth-order valence-electron chi connectivity index (χ4n) is 3.09. The average molecular weight is 417 g/mol. The van der Waals surface area contributed by atoms with Gasteiger partial charge in [-0.05, 0) is 45.0 Å². The van der Waals surface area contributed by atoms with Gasteiger partial charge in [0.15, 0.2) is 22.1 Å². The molecule has 0 atom stereocenters. The van der Waals surface area contributed by atoms with Gasteiger partial charge in [-0.3, -0.25) is 18.7 Å². The van der Waals surface area contributed by atoms with Crippen LogP contribution < -0.4 is 16.0 Å². The third kappa shape index (κ3) is 3.87. The number of imidazole rings is 1. The number of aromatic nitrogens is 4. The maximum atomic E-state index is 12.7. The maximum Gasteiger partial charge on any atom is 0.332 e. The molecule has 0 saturated heterocycles. The van der Waals surface area contributed by atoms with Crippen LogP contribution in [0.5, 0.6) is 5.75 Å². The highest BCUT2D eigenvalue weighted by atomic mass is 32.2. The Bertz CT molecular complexity index is 1170. The van der Waals surface area contributed by atoms with E-state index in [9.17, 15) is 14.4 Å². The van der Waals surface area contributed by atoms with E-state index in [2.05, 4.69) is 4.98 Å². The Kier molecular flexibility index (Phi) is 5.97. The molecule has 2 aromatic heterocycles. The van der Waals surface area contributed by atoms with Crippen LogP contribution in [0.25, 0.3) is 11.2 Å². The first-order chi connectivity index (χ1) is 13.8. The number of thioether (sulfide) groups is 1. The Morgan fingerprint density at radius 1 is 1.14 bits per heavy atom. The number of aryl methyl sites for hydroxylation is 1. The zero-order valence-corrected chi connectivity index (χ0v) is 17.9. The van der Waals surface area contributed by atoms with Crippen LogP contribution in [0.1, 0.15) is 37.2 Å². The highest BCUT2D eigenvalue weighted by molar-refractivity contribution is 7.99. The van der Waals surface area contributed by atoms with Crippen molar-refractivity contribution in [3.8, 4) is 5.75 Å². The van der Waals surface area contributed by atoms with Gasteiger partial charge in [0.25, 0.3) is 5.56 Å². The molecule has 1 aromatic carbocycles. The number of rotatable bonds is 7. The van der Waals surface area contributed by atoms with E-state index in [4.69, 9.17) is 4.74 Å². The van der Waals surface area contributed by atoms with Crippen molar-refractivity contribution in [1.82, 2.24) is 18.7 Å². The summed E-state index contributed by atoms with van der Waals surface area (Å²) in [7, 11) is 3.03. The van der Waals surface area contributed by atoms with E-state index in [1.807, 2.05) is 20.8 Å². The number of ketones is 1. The van der Waals surface area contributed by atoms with Gasteiger partial charge in [0, 0.05) is 25.7 Å². The molecule has 0 radical (unpaired) electrons. The van der Waals surface area contributed by atoms with E-state index in [1.165, 1.54) is 23.4 Å². The lowest BCUT2D eigenvalue weighted by molar-refractivity contribution is 0.102. The Morgan fingerprint density at radius 2 is 1.79 bits per heavy atom. The van der Waals surface area contributed by atoms with Gasteiger partial charge in [-0.25, -0.2) is 9.78 Å². The second-order valence-electron chi connectivity index (χ2n) is 6.91. The maximum absolute atomic E-state index is 12.7. The molecule has 3 rings (SSSR count). The van der Waals surface area contributed by atoms with Crippen LogP contribution in [0.2, 0.25) is 0 Å². The van der Waals surface area contributed by atoms with Gasteiger partial charge in [0.1, 0.15) is 5.75 Å². The second-order valence-corrected chi connectivity index (χ2v) is 7.85. The van der Waals surface area contributed by atoms with E-state index in [0.29, 0.717) is 28.5 Å². The Hall–Kier alpha value is -2.81. The summed E-state index contributed by atoms with van der Waals surface area (Å²) in [5, 5.41) is 0.535. The third-order valence-electron chi connectivity index (χ3n) is 4.60. The molecular weight excluding hydrogens is 392 g/mol. The van der Waals surface area contributed by atoms with E-state index in [1.54, 1.807) is 35.9 Å². The summed E-state index contributed by atoms with van der Waals surface area (Å²) in [5.74, 6) is 0.829. The molecule has 8 nitrogen and oxygen atoms in total. The molecule has 0 unspecified atom stereocenters. The zero-order chi connectivity index (χ0) is 21.3. The van der Waals surface area contributed by atoms with Crippen molar-refractivity contribution in [2.75, 3.05) is 12.4 Å². The Morgan fingerprint density at radius 3 is 2.38 bits per heavy atom. The Labute approximate surface area is 172 Å². The molecule has 0 aliphatic carbocycles. The van der Waals surface area contributed by atoms with Gasteiger partial charge in [-0.2, -0.15) is 0 Å². The van der Waals surface area contributed by atoms with Crippen molar-refractivity contribution in [2.45, 2.75) is 32.0 Å². The molecule has 0 amide bonds. The first-order valence-electron chi connectivity index (χ1n) is 9.33. The molecule has 0 spiro atoms. The molecule has 2 heterocycles. The quantitative estimate of drug-likeness (QED) is 0.434. The molecule has 0 bridgehead atoms. The number of hydrogen-bond acceptors (Lipinski definition) is 6. The van der Waals surface area contributed by atoms with Crippen molar-refractivity contribution >= 4 is 28.7 Å². The summed E-state index contributed by atoms with van der Waals surface area (Å²) < 4.78 is 9.61. The summed E-state index contributed by atoms with van der Waals surface area (Å²) in [6, 6.07) is 6.94. The second kappa shape index (κ2) is 8.28. The number of Topliss-reactive ketones (excluding diaryl/α,β-unsaturated/α-hetero) is 1. The summed E-state index contributed by atoms with van der Waals surface area (Å²) >= 11 is 1.26. The zero-order valence-electron chi connectivity index (χ0n) is 17.1. The fourth-order valence-corrected chi connectivity index (χ4v) is 4.11. The molecule has 29 heavy (non-hydrogen) atoms. The van der Waals surface area contributed by atoms with Gasteiger partial charge < -0.3 is 9.30 Å². The van der Waals surface area contributed by atoms with Crippen LogP contribution in [0.15, 0.2) is 39.0 Å². The number of hydrogen-bond donors (Lipinski definition) is 0. The molecule has 0 N–H and O–H groups in total. The molecule has 0 aliphatic rings. The minimum atomic E-state index is -0.432. The number of carbonyl (C=O) groups is 1. The summed E-state index contributed by atoms with van der Waals surface area (Å²) in [5.41, 5.74) is 0.437. The molecular formula is C20H24N4O4S. The van der Waals surface area contributed by atoms with Crippen LogP contribution in [-0.4, -0.2) is 36.8 Å². The lowest BCUT2D eigenvalue weighted by Crippen LogP contribution is -2.37. The summed E-state index contributed by atoms with van der Waals surface area (Å²) in [6.45, 7) is 6.34. The highest BCUT2D eigenvalue weighted by Crippen LogP contribution is 2.26. The topological polar surface area (TPSA) is 88.1 Å². The summed E-state index contributed by atoms with van der Waals surface area (Å²) in [4.78, 5) is 42.0. The van der Waals surface area contributed by atoms with Crippen molar-refractivity contribution in [3.63, 3.8) is 0 Å². The van der Waals surface area contributed by atoms with Gasteiger partial charge in [-0.15, -0.1) is 0 Å². The predicted molar refractivity (Wildman–Crippen MR) is 113 cm³/mol. The fraction of sp³-hybridized carbons (Fsp3) is 0.400. The minimum absolute atomic E-state index is 0.0535. The van der Waals surface area contributed by atoms with Gasteiger partial charge in [0.2, 0.25) is 0 Å². The molecule has 0 aliphatic heterocycles. The molecule has 0 saturated carbocycles. The number of nitrogens with zero attached hydrogens (tertiary/aromatic N) is 4. The largest absolute Gasteiger partial charge is 0.494 e. The van der Waals surface area contributed by atoms with Crippen molar-refractivity contribution in [3.05, 3.63) is 50.7 Å². The van der Waals surface area contributed by atoms with Crippen molar-refractivity contribution in [1.29, 1.82) is 0 Å². The normalized spacial score (nSPS) is 11.4. The standard InChI is InChI=1S/C20H24N4O4S/c1-6-28-14-9-7-13(8-10-14)15(25)11-29-19-21-17-16(24(19)12(2)3)18(26)23(5)20(27)22(17)4/h7-10,12H,6,11H2,1-5H3. The molecule has 9 heteroatoms. The van der Waals surface area contributed by atoms with Gasteiger partial charge >= 0.3 is 5.69 Å². The van der Waals surface area contributed by atoms with E-state index < -0.39 is 11.2 Å². The lowest BCUT2D eigenvalue weighted by atomic mass is 10.1. The van der Waals surface area contributed by atoms with E-state index in [-0.39, 0.29) is 17.6 Å². The predicted octanol–water partition coefficient (Wildman–Crippen LogP) is 2.39. The van der Waals surface area contributed by atoms with Gasteiger partial charge in [0.05, 0.1) is 12.4 Å². The monoisotopic (exact) mass is 416 g/mol. The van der Waals surface area contributed by atoms with E-state index >= 15 is 0 Å². The first kappa shape index (κ1) is 20.9. The van der Waals surface area contributed by atoms with Gasteiger partial charge in [-0.1, -0.05) is 11.8 Å². The third-order valence-corrected chi connectivity index (χ3v) is 5.55. The van der Waals surface area contributed by atoms with Crippen LogP contribution in [0.4, 0.5) is 0 Å². The average Bonchev–Trinajstić information content (AvgIpc) is 3.09. The highest BCUT2D eigenvalue weighted by Gasteiger charge is 2.21. The first-order valence-corrected chi connectivity index (χ1v) is 10.3. The van der Waals surface area contributed by atoms with Crippen LogP contribution in [0, 0.1) is 0 Å². The smallest absolute Gasteiger partial charge is 0.332 e. The summed E-state index contributed by atoms with van der Waals surface area (Å²) in [6.07, 6.45) is 0. The molecule has 3 aromatic rings. The van der Waals surface area contributed by atoms with Crippen molar-refractivity contribution in [2.24, 2.45) is 14.1 Å². The molecule has 0 fully saturated rings. The lowest BCUT2D eigenvalue weighted by Gasteiger charge is -2.12. The van der Waals surface area contributed by atoms with Crippen LogP contribution in [0.3, 0.4) is 0 Å². The number of carbonyl (C=O) groups excluding carboxylic acids is 1. The van der Waals surface area contributed by atoms with Crippen molar-refractivity contribution < 1.29 is 9.53 Å². The minimum Gasteiger partial charge on any atom is -0.494 e. The SMILES string of the molecule is CCOc1ccc(C(=O)CSc2nc3c(c(=O)n(C)c(=O)n3C)n2C(C)C)cc1. The number of fused-ring (bicyclic) bond motifs is 1. The van der Waals surface area contributed by atoms with Crippen LogP contribution in [-0.2, 0) is 14.1 Å².